The van der Waals surface area contributed by atoms with Crippen LogP contribution in [0.3, 0.4) is 0 Å². The SMILES string of the molecule is CCN(CC)CCC(=O)C1CC2CCCC(C1)S2=O. The Morgan fingerprint density at radius 1 is 1.16 bits per heavy atom. The van der Waals surface area contributed by atoms with Crippen LogP contribution in [0, 0.1) is 5.92 Å². The molecule has 0 aromatic heterocycles. The molecule has 110 valence electrons. The molecule has 4 heteroatoms. The third-order valence-electron chi connectivity index (χ3n) is 4.83. The molecule has 2 aliphatic rings. The summed E-state index contributed by atoms with van der Waals surface area (Å²) in [5, 5.41) is 0.629. The number of Topliss-reactive ketones (excluding diaryl/α,β-unsaturated/α-hetero) is 1. The van der Waals surface area contributed by atoms with Crippen molar-refractivity contribution in [3.05, 3.63) is 0 Å². The molecular weight excluding hydrogens is 258 g/mol. The Kier molecular flexibility index (Phi) is 5.58. The molecule has 3 nitrogen and oxygen atoms in total. The molecule has 0 aromatic carbocycles. The number of nitrogens with zero attached hydrogens (tertiary/aromatic N) is 1. The zero-order valence-electron chi connectivity index (χ0n) is 12.3. The van der Waals surface area contributed by atoms with Gasteiger partial charge in [0.25, 0.3) is 0 Å². The van der Waals surface area contributed by atoms with Crippen molar-refractivity contribution in [1.82, 2.24) is 4.90 Å². The summed E-state index contributed by atoms with van der Waals surface area (Å²) in [5.74, 6) is 0.615. The first-order valence-electron chi connectivity index (χ1n) is 7.80. The Morgan fingerprint density at radius 2 is 1.74 bits per heavy atom. The van der Waals surface area contributed by atoms with Gasteiger partial charge in [0.15, 0.2) is 0 Å². The number of hydrogen-bond acceptors (Lipinski definition) is 3. The van der Waals surface area contributed by atoms with Gasteiger partial charge < -0.3 is 4.90 Å². The number of carbonyl (C=O) groups excluding carboxylic acids is 1. The predicted molar refractivity (Wildman–Crippen MR) is 79.7 cm³/mol. The number of ketones is 1. The summed E-state index contributed by atoms with van der Waals surface area (Å²) in [4.78, 5) is 14.7. The first kappa shape index (κ1) is 15.2. The molecule has 2 bridgehead atoms. The molecule has 0 amide bonds. The van der Waals surface area contributed by atoms with Crippen molar-refractivity contribution in [2.24, 2.45) is 5.92 Å². The molecule has 0 radical (unpaired) electrons. The van der Waals surface area contributed by atoms with Crippen molar-refractivity contribution in [2.75, 3.05) is 19.6 Å². The van der Waals surface area contributed by atoms with Crippen LogP contribution in [0.1, 0.15) is 52.4 Å². The molecule has 19 heavy (non-hydrogen) atoms. The third-order valence-corrected chi connectivity index (χ3v) is 7.00. The monoisotopic (exact) mass is 285 g/mol. The molecule has 2 fully saturated rings. The van der Waals surface area contributed by atoms with Gasteiger partial charge in [-0.3, -0.25) is 9.00 Å². The van der Waals surface area contributed by atoms with E-state index in [-0.39, 0.29) is 5.92 Å². The van der Waals surface area contributed by atoms with E-state index in [1.165, 1.54) is 6.42 Å². The normalized spacial score (nSPS) is 34.5. The topological polar surface area (TPSA) is 37.4 Å². The molecule has 0 saturated carbocycles. The lowest BCUT2D eigenvalue weighted by molar-refractivity contribution is -0.123. The molecule has 2 aliphatic heterocycles. The highest BCUT2D eigenvalue weighted by atomic mass is 32.2. The molecule has 2 saturated heterocycles. The molecule has 2 atom stereocenters. The van der Waals surface area contributed by atoms with Crippen molar-refractivity contribution in [3.63, 3.8) is 0 Å². The van der Waals surface area contributed by atoms with Crippen LogP contribution in [-0.2, 0) is 15.6 Å². The van der Waals surface area contributed by atoms with Crippen molar-refractivity contribution >= 4 is 16.6 Å². The van der Waals surface area contributed by atoms with Crippen LogP contribution in [0.4, 0.5) is 0 Å². The van der Waals surface area contributed by atoms with Gasteiger partial charge in [-0.05, 0) is 38.8 Å². The van der Waals surface area contributed by atoms with Crippen LogP contribution in [-0.4, -0.2) is 45.0 Å². The molecule has 2 rings (SSSR count). The van der Waals surface area contributed by atoms with E-state index in [4.69, 9.17) is 0 Å². The molecule has 0 aliphatic carbocycles. The van der Waals surface area contributed by atoms with Crippen LogP contribution in [0.5, 0.6) is 0 Å². The minimum absolute atomic E-state index is 0.198. The summed E-state index contributed by atoms with van der Waals surface area (Å²) in [6.45, 7) is 7.21. The molecule has 0 spiro atoms. The van der Waals surface area contributed by atoms with E-state index in [1.54, 1.807) is 0 Å². The zero-order chi connectivity index (χ0) is 13.8. The number of hydrogen-bond donors (Lipinski definition) is 0. The fraction of sp³-hybridized carbons (Fsp3) is 0.933. The van der Waals surface area contributed by atoms with Gasteiger partial charge in [0.05, 0.1) is 0 Å². The maximum Gasteiger partial charge on any atom is 0.137 e. The highest BCUT2D eigenvalue weighted by Crippen LogP contribution is 2.37. The second kappa shape index (κ2) is 6.98. The lowest BCUT2D eigenvalue weighted by Crippen LogP contribution is -2.42. The average molecular weight is 285 g/mol. The fourth-order valence-corrected chi connectivity index (χ4v) is 5.70. The van der Waals surface area contributed by atoms with Crippen LogP contribution in [0.25, 0.3) is 0 Å². The first-order valence-corrected chi connectivity index (χ1v) is 9.07. The molecule has 2 unspecified atom stereocenters. The number of rotatable bonds is 6. The minimum Gasteiger partial charge on any atom is -0.303 e. The van der Waals surface area contributed by atoms with E-state index in [0.29, 0.717) is 22.7 Å². The lowest BCUT2D eigenvalue weighted by atomic mass is 9.85. The van der Waals surface area contributed by atoms with E-state index in [0.717, 1.165) is 45.3 Å². The second-order valence-electron chi connectivity index (χ2n) is 5.91. The van der Waals surface area contributed by atoms with Gasteiger partial charge in [0.2, 0.25) is 0 Å². The van der Waals surface area contributed by atoms with Gasteiger partial charge in [-0.15, -0.1) is 0 Å². The van der Waals surface area contributed by atoms with Gasteiger partial charge in [0, 0.05) is 40.2 Å². The Labute approximate surface area is 119 Å². The molecule has 2 heterocycles. The summed E-state index contributed by atoms with van der Waals surface area (Å²) in [6, 6.07) is 0. The molecule has 0 aromatic rings. The fourth-order valence-electron chi connectivity index (χ4n) is 3.51. The highest BCUT2D eigenvalue weighted by molar-refractivity contribution is 7.86. The van der Waals surface area contributed by atoms with E-state index in [1.807, 2.05) is 0 Å². The van der Waals surface area contributed by atoms with Crippen molar-refractivity contribution in [3.8, 4) is 0 Å². The number of fused-ring (bicyclic) bond motifs is 2. The van der Waals surface area contributed by atoms with E-state index in [2.05, 4.69) is 18.7 Å². The first-order chi connectivity index (χ1) is 9.15. The largest absolute Gasteiger partial charge is 0.303 e. The van der Waals surface area contributed by atoms with Gasteiger partial charge in [-0.2, -0.15) is 0 Å². The van der Waals surface area contributed by atoms with Crippen molar-refractivity contribution in [1.29, 1.82) is 0 Å². The summed E-state index contributed by atoms with van der Waals surface area (Å²) in [7, 11) is -0.652. The Balaban J connectivity index is 1.85. The quantitative estimate of drug-likeness (QED) is 0.752. The van der Waals surface area contributed by atoms with Gasteiger partial charge in [-0.1, -0.05) is 20.3 Å². The van der Waals surface area contributed by atoms with Crippen LogP contribution >= 0.6 is 0 Å². The summed E-state index contributed by atoms with van der Waals surface area (Å²) in [5.41, 5.74) is 0. The molecule has 0 N–H and O–H groups in total. The Morgan fingerprint density at radius 3 is 2.26 bits per heavy atom. The maximum absolute atomic E-state index is 12.3. The Hall–Kier alpha value is -0.220. The number of carbonyl (C=O) groups is 1. The van der Waals surface area contributed by atoms with Crippen molar-refractivity contribution in [2.45, 2.75) is 62.9 Å². The Bertz CT molecular complexity index is 325. The van der Waals surface area contributed by atoms with E-state index in [9.17, 15) is 9.00 Å². The standard InChI is InChI=1S/C15H27NO2S/c1-3-16(4-2)9-8-15(17)12-10-13-6-5-7-14(11-12)19(13)18/h12-14H,3-11H2,1-2H3. The van der Waals surface area contributed by atoms with Crippen LogP contribution in [0.15, 0.2) is 0 Å². The maximum atomic E-state index is 12.3. The zero-order valence-corrected chi connectivity index (χ0v) is 13.1. The third kappa shape index (κ3) is 3.66. The minimum atomic E-state index is -0.652. The highest BCUT2D eigenvalue weighted by Gasteiger charge is 2.40. The van der Waals surface area contributed by atoms with Gasteiger partial charge >= 0.3 is 0 Å². The van der Waals surface area contributed by atoms with E-state index >= 15 is 0 Å². The summed E-state index contributed by atoms with van der Waals surface area (Å²) in [6.07, 6.45) is 5.81. The second-order valence-corrected chi connectivity index (χ2v) is 7.91. The van der Waals surface area contributed by atoms with Gasteiger partial charge in [-0.25, -0.2) is 0 Å². The predicted octanol–water partition coefficient (Wildman–Crippen LogP) is 2.37. The summed E-state index contributed by atoms with van der Waals surface area (Å²) >= 11 is 0. The lowest BCUT2D eigenvalue weighted by Gasteiger charge is -2.37. The van der Waals surface area contributed by atoms with Crippen LogP contribution < -0.4 is 0 Å². The van der Waals surface area contributed by atoms with Gasteiger partial charge in [0.1, 0.15) is 5.78 Å². The summed E-state index contributed by atoms with van der Waals surface area (Å²) < 4.78 is 12.1. The van der Waals surface area contributed by atoms with Crippen molar-refractivity contribution < 1.29 is 9.00 Å². The molecular formula is C15H27NO2S. The smallest absolute Gasteiger partial charge is 0.137 e. The van der Waals surface area contributed by atoms with Crippen LogP contribution in [0.2, 0.25) is 0 Å². The average Bonchev–Trinajstić information content (AvgIpc) is 2.39. The van der Waals surface area contributed by atoms with E-state index < -0.39 is 10.8 Å².